The lowest BCUT2D eigenvalue weighted by Gasteiger charge is -2.17. The quantitative estimate of drug-likeness (QED) is 0.117. The van der Waals surface area contributed by atoms with Gasteiger partial charge in [0.1, 0.15) is 11.4 Å². The molecule has 9 heteroatoms. The van der Waals surface area contributed by atoms with Crippen LogP contribution in [0, 0.1) is 0 Å². The van der Waals surface area contributed by atoms with Crippen LogP contribution in [0.25, 0.3) is 6.08 Å². The van der Waals surface area contributed by atoms with Crippen LogP contribution in [0.5, 0.6) is 5.75 Å². The largest absolute Gasteiger partial charge is 0.495 e. The highest BCUT2D eigenvalue weighted by Gasteiger charge is 2.20. The van der Waals surface area contributed by atoms with Crippen LogP contribution in [0.3, 0.4) is 0 Å². The van der Waals surface area contributed by atoms with Gasteiger partial charge in [0, 0.05) is 20.6 Å². The smallest absolute Gasteiger partial charge is 0.272 e. The Morgan fingerprint density at radius 1 is 0.881 bits per heavy atom. The first kappa shape index (κ1) is 30.6. The average molecular weight is 645 g/mol. The number of benzene rings is 4. The van der Waals surface area contributed by atoms with Crippen LogP contribution in [0.15, 0.2) is 118 Å². The Morgan fingerprint density at radius 2 is 1.60 bits per heavy atom. The van der Waals surface area contributed by atoms with E-state index < -0.39 is 11.8 Å². The first-order valence-electron chi connectivity index (χ1n) is 13.2. The fraction of sp³-hybridized carbons (Fsp3) is 0.121. The predicted molar refractivity (Wildman–Crippen MR) is 173 cm³/mol. The zero-order valence-corrected chi connectivity index (χ0v) is 25.5. The number of para-hydroxylation sites is 2. The molecule has 0 spiro atoms. The molecule has 0 heterocycles. The number of anilines is 2. The summed E-state index contributed by atoms with van der Waals surface area (Å²) in [6, 6.07) is 30.6. The van der Waals surface area contributed by atoms with Gasteiger partial charge in [-0.3, -0.25) is 14.4 Å². The lowest BCUT2D eigenvalue weighted by Crippen LogP contribution is -2.30. The van der Waals surface area contributed by atoms with Crippen LogP contribution >= 0.6 is 27.7 Å². The molecule has 0 saturated heterocycles. The summed E-state index contributed by atoms with van der Waals surface area (Å²) in [4.78, 5) is 40.2. The second-order valence-electron chi connectivity index (χ2n) is 9.12. The molecule has 3 N–H and O–H groups in total. The molecule has 4 aromatic rings. The molecular weight excluding hydrogens is 614 g/mol. The minimum atomic E-state index is -0.481. The van der Waals surface area contributed by atoms with Crippen LogP contribution < -0.4 is 20.7 Å². The highest BCUT2D eigenvalue weighted by Crippen LogP contribution is 2.30. The normalized spacial score (nSPS) is 11.7. The Bertz CT molecular complexity index is 1580. The minimum absolute atomic E-state index is 0.0897. The summed E-state index contributed by atoms with van der Waals surface area (Å²) in [5, 5.41) is 8.21. The first-order valence-corrected chi connectivity index (χ1v) is 14.9. The number of hydrogen-bond donors (Lipinski definition) is 3. The number of rotatable bonds is 11. The number of methoxy groups -OCH3 is 1. The molecule has 0 aromatic heterocycles. The van der Waals surface area contributed by atoms with E-state index in [1.54, 1.807) is 61.7 Å². The summed E-state index contributed by atoms with van der Waals surface area (Å²) < 4.78 is 6.25. The van der Waals surface area contributed by atoms with E-state index in [1.807, 2.05) is 61.5 Å². The fourth-order valence-electron chi connectivity index (χ4n) is 3.96. The van der Waals surface area contributed by atoms with Gasteiger partial charge in [0.15, 0.2) is 0 Å². The Hall–Kier alpha value is -4.34. The van der Waals surface area contributed by atoms with Gasteiger partial charge in [-0.2, -0.15) is 0 Å². The third-order valence-corrected chi connectivity index (χ3v) is 7.99. The van der Waals surface area contributed by atoms with Gasteiger partial charge < -0.3 is 20.7 Å². The maximum atomic E-state index is 13.4. The summed E-state index contributed by atoms with van der Waals surface area (Å²) in [5.41, 5.74) is 2.40. The summed E-state index contributed by atoms with van der Waals surface area (Å²) in [6.07, 6.45) is 2.21. The van der Waals surface area contributed by atoms with Crippen molar-refractivity contribution >= 4 is 62.9 Å². The number of carbonyl (C=O) groups excluding carboxylic acids is 3. The molecule has 4 aromatic carbocycles. The molecule has 0 aliphatic rings. The van der Waals surface area contributed by atoms with Crippen LogP contribution in [0.1, 0.15) is 29.3 Å². The van der Waals surface area contributed by atoms with Gasteiger partial charge in [-0.05, 0) is 72.7 Å². The maximum absolute atomic E-state index is 13.4. The zero-order valence-electron chi connectivity index (χ0n) is 23.1. The van der Waals surface area contributed by atoms with E-state index in [0.717, 1.165) is 14.9 Å². The van der Waals surface area contributed by atoms with Crippen molar-refractivity contribution in [3.05, 3.63) is 124 Å². The van der Waals surface area contributed by atoms with Gasteiger partial charge in [0.05, 0.1) is 18.0 Å². The van der Waals surface area contributed by atoms with Crippen molar-refractivity contribution in [1.29, 1.82) is 0 Å². The Morgan fingerprint density at radius 3 is 2.31 bits per heavy atom. The highest BCUT2D eigenvalue weighted by atomic mass is 79.9. The van der Waals surface area contributed by atoms with Gasteiger partial charge in [0.25, 0.3) is 11.8 Å². The van der Waals surface area contributed by atoms with Crippen LogP contribution in [-0.4, -0.2) is 30.1 Å². The van der Waals surface area contributed by atoms with Crippen LogP contribution in [0.2, 0.25) is 0 Å². The lowest BCUT2D eigenvalue weighted by molar-refractivity contribution is -0.116. The van der Waals surface area contributed by atoms with E-state index in [4.69, 9.17) is 4.74 Å². The molecule has 0 saturated carbocycles. The second kappa shape index (κ2) is 15.0. The van der Waals surface area contributed by atoms with Crippen molar-refractivity contribution < 1.29 is 19.1 Å². The van der Waals surface area contributed by atoms with Gasteiger partial charge in [-0.25, -0.2) is 0 Å². The molecule has 0 aliphatic heterocycles. The lowest BCUT2D eigenvalue weighted by atomic mass is 10.1. The third-order valence-electron chi connectivity index (χ3n) is 6.11. The maximum Gasteiger partial charge on any atom is 0.272 e. The summed E-state index contributed by atoms with van der Waals surface area (Å²) in [6.45, 7) is 1.94. The molecule has 214 valence electrons. The van der Waals surface area contributed by atoms with Crippen molar-refractivity contribution in [2.75, 3.05) is 17.7 Å². The van der Waals surface area contributed by atoms with E-state index in [2.05, 4.69) is 31.9 Å². The molecule has 1 atom stereocenters. The molecule has 42 heavy (non-hydrogen) atoms. The predicted octanol–water partition coefficient (Wildman–Crippen LogP) is 7.38. The van der Waals surface area contributed by atoms with Gasteiger partial charge >= 0.3 is 0 Å². The van der Waals surface area contributed by atoms with E-state index in [0.29, 0.717) is 29.1 Å². The molecule has 0 fully saturated rings. The fourth-order valence-corrected chi connectivity index (χ4v) is 5.24. The third kappa shape index (κ3) is 8.58. The monoisotopic (exact) mass is 643 g/mol. The average Bonchev–Trinajstić information content (AvgIpc) is 3.01. The molecular formula is C33H30BrN3O4S. The molecule has 0 radical (unpaired) electrons. The zero-order chi connectivity index (χ0) is 29.9. The number of carbonyl (C=O) groups is 3. The van der Waals surface area contributed by atoms with Crippen molar-refractivity contribution in [2.24, 2.45) is 0 Å². The van der Waals surface area contributed by atoms with Gasteiger partial charge in [0.2, 0.25) is 5.91 Å². The summed E-state index contributed by atoms with van der Waals surface area (Å²) >= 11 is 4.81. The Kier molecular flexibility index (Phi) is 11.0. The van der Waals surface area contributed by atoms with Gasteiger partial charge in [-0.15, -0.1) is 11.8 Å². The Balaban J connectivity index is 1.50. The number of thioether (sulfide) groups is 1. The van der Waals surface area contributed by atoms with Crippen molar-refractivity contribution in [3.8, 4) is 5.75 Å². The van der Waals surface area contributed by atoms with Crippen LogP contribution in [0.4, 0.5) is 11.4 Å². The van der Waals surface area contributed by atoms with Crippen LogP contribution in [-0.2, 0) is 9.59 Å². The molecule has 1 unspecified atom stereocenters. The standard InChI is InChI=1S/C33H30BrN3O4S/c1-3-30(33(40)36-27-14-7-8-15-29(27)41-2)42-26-13-9-12-25(21-26)35-32(39)28(20-22-16-18-24(34)19-17-22)37-31(38)23-10-5-4-6-11-23/h4-21,30H,3H2,1-2H3,(H,35,39)(H,36,40)(H,37,38)/b28-20-. The molecule has 0 bridgehead atoms. The van der Waals surface area contributed by atoms with Gasteiger partial charge in [-0.1, -0.05) is 71.4 Å². The minimum Gasteiger partial charge on any atom is -0.495 e. The van der Waals surface area contributed by atoms with E-state index >= 15 is 0 Å². The topological polar surface area (TPSA) is 96.5 Å². The molecule has 0 aliphatic carbocycles. The molecule has 3 amide bonds. The summed E-state index contributed by atoms with van der Waals surface area (Å²) in [7, 11) is 1.56. The number of amides is 3. The Labute approximate surface area is 257 Å². The highest BCUT2D eigenvalue weighted by molar-refractivity contribution is 9.10. The van der Waals surface area contributed by atoms with Crippen molar-refractivity contribution in [2.45, 2.75) is 23.5 Å². The van der Waals surface area contributed by atoms with Crippen molar-refractivity contribution in [1.82, 2.24) is 5.32 Å². The number of nitrogens with one attached hydrogen (secondary N) is 3. The van der Waals surface area contributed by atoms with E-state index in [-0.39, 0.29) is 16.9 Å². The first-order chi connectivity index (χ1) is 20.4. The van der Waals surface area contributed by atoms with E-state index in [1.165, 1.54) is 11.8 Å². The SMILES string of the molecule is CCC(Sc1cccc(NC(=O)/C(=C/c2ccc(Br)cc2)NC(=O)c2ccccc2)c1)C(=O)Nc1ccccc1OC. The number of halogens is 1. The molecule has 4 rings (SSSR count). The second-order valence-corrected chi connectivity index (χ2v) is 11.3. The number of hydrogen-bond acceptors (Lipinski definition) is 5. The summed E-state index contributed by atoms with van der Waals surface area (Å²) in [5.74, 6) is -0.442. The molecule has 7 nitrogen and oxygen atoms in total. The van der Waals surface area contributed by atoms with E-state index in [9.17, 15) is 14.4 Å². The van der Waals surface area contributed by atoms with Crippen molar-refractivity contribution in [3.63, 3.8) is 0 Å². The number of ether oxygens (including phenoxy) is 1.